The SMILES string of the molecule is Cc1cc(N=Nc2c(C)c(C#N)c3nc4ccccc4n3c2O)c(OCCCS(=O)(=O)O)cc1N=Nc1cc(C)c(N=Nc2ccc(N=Nc3ccccc3)cc2S(=O)(=O)O)cc1SCCCS(=O)(=O)O. The van der Waals surface area contributed by atoms with E-state index < -0.39 is 46.8 Å². The summed E-state index contributed by atoms with van der Waals surface area (Å²) in [6, 6.07) is 27.8. The van der Waals surface area contributed by atoms with E-state index in [4.69, 9.17) is 4.74 Å². The largest absolute Gasteiger partial charge is 0.493 e. The molecule has 22 nitrogen and oxygen atoms in total. The Morgan fingerprint density at radius 3 is 1.96 bits per heavy atom. The van der Waals surface area contributed by atoms with Crippen molar-refractivity contribution in [2.75, 3.05) is 23.9 Å². The maximum absolute atomic E-state index is 12.5. The molecule has 5 aromatic carbocycles. The minimum absolute atomic E-state index is 0.0329. The first-order valence-corrected chi connectivity index (χ1v) is 26.6. The van der Waals surface area contributed by atoms with Crippen LogP contribution in [0.15, 0.2) is 148 Å². The highest BCUT2D eigenvalue weighted by Gasteiger charge is 2.22. The zero-order chi connectivity index (χ0) is 51.1. The molecule has 0 saturated heterocycles. The molecule has 0 saturated carbocycles. The van der Waals surface area contributed by atoms with Crippen molar-refractivity contribution in [2.24, 2.45) is 40.9 Å². The molecule has 0 aliphatic rings. The van der Waals surface area contributed by atoms with Crippen LogP contribution in [0.5, 0.6) is 11.6 Å². The van der Waals surface area contributed by atoms with Gasteiger partial charge in [0.2, 0.25) is 5.88 Å². The second kappa shape index (κ2) is 21.7. The van der Waals surface area contributed by atoms with Crippen molar-refractivity contribution in [3.8, 4) is 17.7 Å². The lowest BCUT2D eigenvalue weighted by Gasteiger charge is -2.12. The Labute approximate surface area is 410 Å². The van der Waals surface area contributed by atoms with Gasteiger partial charge < -0.3 is 9.84 Å². The molecule has 0 aliphatic carbocycles. The van der Waals surface area contributed by atoms with Gasteiger partial charge in [0.1, 0.15) is 33.7 Å². The average molecular weight is 1040 g/mol. The second-order valence-electron chi connectivity index (χ2n) is 15.5. The molecule has 0 amide bonds. The van der Waals surface area contributed by atoms with Crippen molar-refractivity contribution in [3.63, 3.8) is 0 Å². The van der Waals surface area contributed by atoms with Crippen LogP contribution in [-0.4, -0.2) is 77.3 Å². The molecular formula is C45H41N11O11S4. The number of para-hydroxylation sites is 2. The molecule has 0 aliphatic heterocycles. The summed E-state index contributed by atoms with van der Waals surface area (Å²) in [5.41, 5.74) is 3.99. The van der Waals surface area contributed by atoms with Gasteiger partial charge in [-0.2, -0.15) is 51.0 Å². The summed E-state index contributed by atoms with van der Waals surface area (Å²) in [7, 11) is -13.4. The Bertz CT molecular complexity index is 3710. The van der Waals surface area contributed by atoms with E-state index in [-0.39, 0.29) is 87.9 Å². The zero-order valence-electron chi connectivity index (χ0n) is 37.7. The molecule has 0 radical (unpaired) electrons. The first-order valence-electron chi connectivity index (χ1n) is 21.0. The third-order valence-corrected chi connectivity index (χ3v) is 13.9. The maximum Gasteiger partial charge on any atom is 0.296 e. The van der Waals surface area contributed by atoms with Crippen LogP contribution in [0.3, 0.4) is 0 Å². The number of fused-ring (bicyclic) bond motifs is 3. The molecular weight excluding hydrogens is 999 g/mol. The van der Waals surface area contributed by atoms with E-state index in [2.05, 4.69) is 52.0 Å². The van der Waals surface area contributed by atoms with E-state index in [1.165, 1.54) is 22.6 Å². The van der Waals surface area contributed by atoms with E-state index in [1.807, 2.05) is 0 Å². The molecule has 4 N–H and O–H groups in total. The summed E-state index contributed by atoms with van der Waals surface area (Å²) >= 11 is 1.16. The number of rotatable bonds is 19. The van der Waals surface area contributed by atoms with Gasteiger partial charge in [-0.05, 0) is 111 Å². The zero-order valence-corrected chi connectivity index (χ0v) is 40.9. The van der Waals surface area contributed by atoms with E-state index in [0.29, 0.717) is 38.3 Å². The quantitative estimate of drug-likeness (QED) is 0.0253. The lowest BCUT2D eigenvalue weighted by Crippen LogP contribution is -2.08. The van der Waals surface area contributed by atoms with Gasteiger partial charge in [0.15, 0.2) is 11.3 Å². The molecule has 0 atom stereocenters. The summed E-state index contributed by atoms with van der Waals surface area (Å²) < 4.78 is 107. The minimum Gasteiger partial charge on any atom is -0.493 e. The number of aryl methyl sites for hydroxylation is 2. The van der Waals surface area contributed by atoms with Gasteiger partial charge >= 0.3 is 0 Å². The standard InChI is InChI=1S/C45H41N11O11S4/c1-27-21-37(53-55-43-29(3)32(26-46)44-47-33-13-7-8-14-39(33)56(44)45(43)57)40(67-17-9-19-69(58,59)60)24-35(27)51-54-38-22-28(2)36(25-41(38)68-18-10-20-70(61,62)63)52-50-34-16-15-31(23-42(34)71(64,65)66)49-48-30-11-5-4-6-12-30/h4-8,11-16,21-25,57H,9-10,17-20H2,1-3H3,(H,58,59,60)(H,61,62,63)(H,64,65,66). The highest BCUT2D eigenvalue weighted by atomic mass is 32.2. The summed E-state index contributed by atoms with van der Waals surface area (Å²) in [5.74, 6) is -1.21. The fraction of sp³-hybridized carbons (Fsp3) is 0.200. The number of imidazole rings is 1. The van der Waals surface area contributed by atoms with Crippen LogP contribution < -0.4 is 4.74 Å². The Kier molecular flexibility index (Phi) is 15.7. The first kappa shape index (κ1) is 51.5. The highest BCUT2D eigenvalue weighted by Crippen LogP contribution is 2.43. The van der Waals surface area contributed by atoms with E-state index in [0.717, 1.165) is 17.8 Å². The normalized spacial score (nSPS) is 12.6. The van der Waals surface area contributed by atoms with Crippen molar-refractivity contribution in [1.82, 2.24) is 9.38 Å². The van der Waals surface area contributed by atoms with Crippen LogP contribution in [0.2, 0.25) is 0 Å². The molecule has 7 aromatic rings. The van der Waals surface area contributed by atoms with Crippen LogP contribution in [0, 0.1) is 32.1 Å². The number of aromatic hydroxyl groups is 1. The van der Waals surface area contributed by atoms with Gasteiger partial charge in [0, 0.05) is 16.5 Å². The van der Waals surface area contributed by atoms with Crippen molar-refractivity contribution in [1.29, 1.82) is 5.26 Å². The van der Waals surface area contributed by atoms with Gasteiger partial charge in [0.25, 0.3) is 30.4 Å². The Morgan fingerprint density at radius 1 is 0.662 bits per heavy atom. The fourth-order valence-electron chi connectivity index (χ4n) is 6.78. The van der Waals surface area contributed by atoms with Crippen LogP contribution in [-0.2, 0) is 30.4 Å². The number of nitrogens with zero attached hydrogens (tertiary/aromatic N) is 11. The van der Waals surface area contributed by atoms with Gasteiger partial charge in [-0.1, -0.05) is 30.3 Å². The molecule has 0 fully saturated rings. The van der Waals surface area contributed by atoms with Crippen LogP contribution >= 0.6 is 11.8 Å². The predicted octanol–water partition coefficient (Wildman–Crippen LogP) is 11.9. The lowest BCUT2D eigenvalue weighted by molar-refractivity contribution is 0.317. The minimum atomic E-state index is -4.82. The van der Waals surface area contributed by atoms with E-state index >= 15 is 0 Å². The molecule has 0 unspecified atom stereocenters. The summed E-state index contributed by atoms with van der Waals surface area (Å²) in [4.78, 5) is 4.37. The molecule has 7 rings (SSSR count). The molecule has 71 heavy (non-hydrogen) atoms. The monoisotopic (exact) mass is 1040 g/mol. The van der Waals surface area contributed by atoms with Crippen molar-refractivity contribution in [3.05, 3.63) is 119 Å². The van der Waals surface area contributed by atoms with E-state index in [1.54, 1.807) is 93.6 Å². The number of nitriles is 1. The molecule has 2 heterocycles. The summed E-state index contributed by atoms with van der Waals surface area (Å²) in [6.45, 7) is 4.75. The molecule has 26 heteroatoms. The molecule has 0 spiro atoms. The smallest absolute Gasteiger partial charge is 0.296 e. The molecule has 366 valence electrons. The van der Waals surface area contributed by atoms with Gasteiger partial charge in [-0.3, -0.25) is 18.1 Å². The number of ether oxygens (including phenoxy) is 1. The van der Waals surface area contributed by atoms with Crippen LogP contribution in [0.25, 0.3) is 16.7 Å². The average Bonchev–Trinajstić information content (AvgIpc) is 3.70. The number of hydrogen-bond acceptors (Lipinski definition) is 19. The van der Waals surface area contributed by atoms with Gasteiger partial charge in [-0.25, -0.2) is 4.98 Å². The first-order chi connectivity index (χ1) is 33.7. The molecule has 0 bridgehead atoms. The Morgan fingerprint density at radius 2 is 1.27 bits per heavy atom. The second-order valence-corrected chi connectivity index (χ2v) is 21.2. The summed E-state index contributed by atoms with van der Waals surface area (Å²) in [6.07, 6.45) is -0.0634. The third-order valence-electron chi connectivity index (χ3n) is 10.3. The number of pyridine rings is 1. The Hall–Kier alpha value is -7.38. The number of benzene rings is 5. The van der Waals surface area contributed by atoms with Crippen molar-refractivity contribution in [2.45, 2.75) is 43.4 Å². The Balaban J connectivity index is 1.24. The molecule has 2 aromatic heterocycles. The van der Waals surface area contributed by atoms with E-state index in [9.17, 15) is 49.3 Å². The topological polar surface area (TPSA) is 333 Å². The van der Waals surface area contributed by atoms with Crippen LogP contribution in [0.1, 0.15) is 35.1 Å². The number of hydrogen-bond donors (Lipinski definition) is 4. The fourth-order valence-corrected chi connectivity index (χ4v) is 9.55. The number of azo groups is 4. The van der Waals surface area contributed by atoms with Gasteiger partial charge in [-0.15, -0.1) is 32.2 Å². The van der Waals surface area contributed by atoms with Crippen molar-refractivity contribution < 1.29 is 48.8 Å². The van der Waals surface area contributed by atoms with Crippen molar-refractivity contribution >= 4 is 104 Å². The maximum atomic E-state index is 12.5. The number of aromatic nitrogens is 2. The predicted molar refractivity (Wildman–Crippen MR) is 264 cm³/mol. The van der Waals surface area contributed by atoms with Gasteiger partial charge in [0.05, 0.1) is 57.6 Å². The highest BCUT2D eigenvalue weighted by molar-refractivity contribution is 7.99. The van der Waals surface area contributed by atoms with Crippen LogP contribution in [0.4, 0.5) is 45.5 Å². The summed E-state index contributed by atoms with van der Waals surface area (Å²) in [5, 5.41) is 55.9. The number of thioether (sulfide) groups is 1. The third kappa shape index (κ3) is 13.1. The lowest BCUT2D eigenvalue weighted by atomic mass is 10.1.